The highest BCUT2D eigenvalue weighted by Gasteiger charge is 2.40. The number of rotatable bonds is 5. The summed E-state index contributed by atoms with van der Waals surface area (Å²) in [6, 6.07) is 13.4. The molecule has 6 heteroatoms. The van der Waals surface area contributed by atoms with Gasteiger partial charge in [-0.2, -0.15) is 0 Å². The summed E-state index contributed by atoms with van der Waals surface area (Å²) in [6.07, 6.45) is 5.11. The maximum absolute atomic E-state index is 4.52. The van der Waals surface area contributed by atoms with Crippen molar-refractivity contribution >= 4 is 5.96 Å². The second kappa shape index (κ2) is 9.45. The van der Waals surface area contributed by atoms with Gasteiger partial charge < -0.3 is 15.5 Å². The van der Waals surface area contributed by atoms with Crippen LogP contribution in [-0.4, -0.2) is 92.1 Å². The average molecular weight is 399 g/mol. The first kappa shape index (κ1) is 20.6. The smallest absolute Gasteiger partial charge is 0.191 e. The number of hydrogen-bond donors (Lipinski definition) is 2. The molecule has 3 aliphatic heterocycles. The van der Waals surface area contributed by atoms with Crippen molar-refractivity contribution in [2.45, 2.75) is 56.4 Å². The van der Waals surface area contributed by atoms with E-state index < -0.39 is 0 Å². The largest absolute Gasteiger partial charge is 0.355 e. The van der Waals surface area contributed by atoms with E-state index in [1.165, 1.54) is 31.2 Å². The van der Waals surface area contributed by atoms with Crippen LogP contribution in [0.1, 0.15) is 31.2 Å². The molecule has 3 aliphatic rings. The van der Waals surface area contributed by atoms with Gasteiger partial charge in [-0.3, -0.25) is 14.8 Å². The second-order valence-corrected chi connectivity index (χ2v) is 9.21. The number of hydrogen-bond acceptors (Lipinski definition) is 4. The lowest BCUT2D eigenvalue weighted by atomic mass is 9.96. The molecule has 3 fully saturated rings. The highest BCUT2D eigenvalue weighted by molar-refractivity contribution is 5.80. The maximum atomic E-state index is 4.52. The van der Waals surface area contributed by atoms with Crippen LogP contribution in [0.25, 0.3) is 0 Å². The fourth-order valence-electron chi connectivity index (χ4n) is 5.37. The second-order valence-electron chi connectivity index (χ2n) is 9.21. The quantitative estimate of drug-likeness (QED) is 0.583. The number of guanidine groups is 1. The van der Waals surface area contributed by atoms with Crippen LogP contribution in [0.3, 0.4) is 0 Å². The van der Waals surface area contributed by atoms with Crippen molar-refractivity contribution in [1.29, 1.82) is 0 Å². The van der Waals surface area contributed by atoms with Crippen molar-refractivity contribution in [3.8, 4) is 0 Å². The Labute approximate surface area is 176 Å². The summed E-state index contributed by atoms with van der Waals surface area (Å²) in [5.41, 5.74) is 1.44. The van der Waals surface area contributed by atoms with Gasteiger partial charge in [-0.15, -0.1) is 0 Å². The Kier molecular flexibility index (Phi) is 6.73. The number of nitrogens with one attached hydrogen (secondary N) is 2. The van der Waals surface area contributed by atoms with Crippen molar-refractivity contribution < 1.29 is 0 Å². The number of fused-ring (bicyclic) bond motifs is 2. The minimum atomic E-state index is 0.525. The van der Waals surface area contributed by atoms with E-state index in [9.17, 15) is 0 Å². The molecule has 3 heterocycles. The van der Waals surface area contributed by atoms with Crippen molar-refractivity contribution in [3.05, 3.63) is 35.9 Å². The van der Waals surface area contributed by atoms with Gasteiger partial charge in [0.05, 0.1) is 0 Å². The molecule has 3 saturated heterocycles. The van der Waals surface area contributed by atoms with Crippen molar-refractivity contribution in [2.24, 2.45) is 4.99 Å². The van der Waals surface area contributed by atoms with Crippen LogP contribution in [0.5, 0.6) is 0 Å². The highest BCUT2D eigenvalue weighted by Crippen LogP contribution is 2.36. The molecule has 3 atom stereocenters. The molecule has 0 spiro atoms. The Morgan fingerprint density at radius 3 is 2.48 bits per heavy atom. The zero-order valence-corrected chi connectivity index (χ0v) is 18.3. The average Bonchev–Trinajstić information content (AvgIpc) is 2.96. The van der Waals surface area contributed by atoms with E-state index >= 15 is 0 Å². The molecule has 29 heavy (non-hydrogen) atoms. The Hall–Kier alpha value is -1.63. The monoisotopic (exact) mass is 398 g/mol. The molecule has 1 aromatic rings. The Morgan fingerprint density at radius 2 is 1.79 bits per heavy atom. The summed E-state index contributed by atoms with van der Waals surface area (Å²) in [6.45, 7) is 5.45. The lowest BCUT2D eigenvalue weighted by Gasteiger charge is -2.40. The SMILES string of the molecule is CN=C(NCC1CN(C)CCN1C)NC1CC2CCC(C1)N2Cc1ccccc1. The third-order valence-corrected chi connectivity index (χ3v) is 7.14. The first-order valence-electron chi connectivity index (χ1n) is 11.3. The minimum Gasteiger partial charge on any atom is -0.355 e. The van der Waals surface area contributed by atoms with Crippen LogP contribution in [0.2, 0.25) is 0 Å². The molecule has 1 aromatic carbocycles. The van der Waals surface area contributed by atoms with Gasteiger partial charge in [0.1, 0.15) is 0 Å². The van der Waals surface area contributed by atoms with Gasteiger partial charge in [-0.25, -0.2) is 0 Å². The van der Waals surface area contributed by atoms with Gasteiger partial charge in [0, 0.05) is 63.9 Å². The summed E-state index contributed by atoms with van der Waals surface area (Å²) in [4.78, 5) is 12.1. The van der Waals surface area contributed by atoms with E-state index in [1.807, 2.05) is 7.05 Å². The number of benzene rings is 1. The molecular weight excluding hydrogens is 360 g/mol. The highest BCUT2D eigenvalue weighted by atomic mass is 15.3. The Morgan fingerprint density at radius 1 is 1.07 bits per heavy atom. The fourth-order valence-corrected chi connectivity index (χ4v) is 5.37. The van der Waals surface area contributed by atoms with E-state index in [1.54, 1.807) is 0 Å². The first-order valence-corrected chi connectivity index (χ1v) is 11.3. The van der Waals surface area contributed by atoms with Gasteiger partial charge in [-0.05, 0) is 45.3 Å². The number of piperazine rings is 1. The van der Waals surface area contributed by atoms with Gasteiger partial charge in [-0.1, -0.05) is 30.3 Å². The van der Waals surface area contributed by atoms with E-state index in [0.717, 1.165) is 38.7 Å². The predicted octanol–water partition coefficient (Wildman–Crippen LogP) is 1.59. The van der Waals surface area contributed by atoms with Crippen LogP contribution in [-0.2, 0) is 6.54 Å². The third-order valence-electron chi connectivity index (χ3n) is 7.14. The number of nitrogens with zero attached hydrogens (tertiary/aromatic N) is 4. The molecule has 160 valence electrons. The molecule has 0 radical (unpaired) electrons. The van der Waals surface area contributed by atoms with Crippen LogP contribution in [0.4, 0.5) is 0 Å². The molecule has 2 bridgehead atoms. The zero-order valence-electron chi connectivity index (χ0n) is 18.3. The normalized spacial score (nSPS) is 31.8. The van der Waals surface area contributed by atoms with Gasteiger partial charge in [0.15, 0.2) is 5.96 Å². The minimum absolute atomic E-state index is 0.525. The lowest BCUT2D eigenvalue weighted by Crippen LogP contribution is -2.57. The first-order chi connectivity index (χ1) is 14.1. The Bertz CT molecular complexity index is 663. The summed E-state index contributed by atoms with van der Waals surface area (Å²) >= 11 is 0. The lowest BCUT2D eigenvalue weighted by molar-refractivity contribution is 0.112. The summed E-state index contributed by atoms with van der Waals surface area (Å²) in [5, 5.41) is 7.33. The van der Waals surface area contributed by atoms with Gasteiger partial charge >= 0.3 is 0 Å². The van der Waals surface area contributed by atoms with Crippen LogP contribution >= 0.6 is 0 Å². The van der Waals surface area contributed by atoms with E-state index in [4.69, 9.17) is 0 Å². The van der Waals surface area contributed by atoms with E-state index in [0.29, 0.717) is 24.2 Å². The molecule has 4 rings (SSSR count). The predicted molar refractivity (Wildman–Crippen MR) is 120 cm³/mol. The molecule has 0 aliphatic carbocycles. The molecule has 2 N–H and O–H groups in total. The molecular formula is C23H38N6. The summed E-state index contributed by atoms with van der Waals surface area (Å²) in [7, 11) is 6.34. The van der Waals surface area contributed by atoms with E-state index in [-0.39, 0.29) is 0 Å². The fraction of sp³-hybridized carbons (Fsp3) is 0.696. The van der Waals surface area contributed by atoms with Crippen molar-refractivity contribution in [2.75, 3.05) is 47.3 Å². The maximum Gasteiger partial charge on any atom is 0.191 e. The van der Waals surface area contributed by atoms with Gasteiger partial charge in [0.25, 0.3) is 0 Å². The number of aliphatic imine (C=N–C) groups is 1. The third kappa shape index (κ3) is 5.11. The molecule has 6 nitrogen and oxygen atoms in total. The topological polar surface area (TPSA) is 46.1 Å². The van der Waals surface area contributed by atoms with Crippen molar-refractivity contribution in [3.63, 3.8) is 0 Å². The number of likely N-dealkylation sites (N-methyl/N-ethyl adjacent to an activating group) is 2. The zero-order chi connectivity index (χ0) is 20.2. The van der Waals surface area contributed by atoms with Crippen LogP contribution < -0.4 is 10.6 Å². The molecule has 0 saturated carbocycles. The molecule has 0 amide bonds. The van der Waals surface area contributed by atoms with Crippen LogP contribution in [0, 0.1) is 0 Å². The molecule has 0 aromatic heterocycles. The number of piperidine rings is 1. The summed E-state index contributed by atoms with van der Waals surface area (Å²) < 4.78 is 0. The molecule has 3 unspecified atom stereocenters. The van der Waals surface area contributed by atoms with Gasteiger partial charge in [0.2, 0.25) is 0 Å². The Balaban J connectivity index is 1.28. The van der Waals surface area contributed by atoms with E-state index in [2.05, 4.69) is 74.8 Å². The van der Waals surface area contributed by atoms with Crippen LogP contribution in [0.15, 0.2) is 35.3 Å². The standard InChI is InChI=1S/C23H38N6/c1-24-23(25-15-22-17-27(2)11-12-28(22)3)26-19-13-20-9-10-21(14-19)29(20)16-18-7-5-4-6-8-18/h4-8,19-22H,9-17H2,1-3H3,(H2,24,25,26). The van der Waals surface area contributed by atoms with Crippen molar-refractivity contribution in [1.82, 2.24) is 25.3 Å². The summed E-state index contributed by atoms with van der Waals surface area (Å²) in [5.74, 6) is 0.965.